The molecule has 2 rings (SSSR count). The molecule has 3 unspecified atom stereocenters. The van der Waals surface area contributed by atoms with Crippen molar-refractivity contribution in [3.8, 4) is 0 Å². The first kappa shape index (κ1) is 6.55. The van der Waals surface area contributed by atoms with Crippen LogP contribution in [0.5, 0.6) is 0 Å². The zero-order valence-electron chi connectivity index (χ0n) is 5.97. The molecule has 2 aliphatic heterocycles. The number of hydrogen-bond acceptors (Lipinski definition) is 2. The van der Waals surface area contributed by atoms with Gasteiger partial charge in [-0.1, -0.05) is 0 Å². The van der Waals surface area contributed by atoms with Crippen LogP contribution in [0, 0.1) is 0 Å². The number of rotatable bonds is 0. The van der Waals surface area contributed by atoms with Gasteiger partial charge in [0.2, 0.25) is 0 Å². The predicted molar refractivity (Wildman–Crippen MR) is 33.4 cm³/mol. The zero-order chi connectivity index (χ0) is 7.19. The lowest BCUT2D eigenvalue weighted by atomic mass is 9.95. The molecular formula is C7H11FO2. The van der Waals surface area contributed by atoms with E-state index in [1.807, 2.05) is 0 Å². The fraction of sp³-hybridized carbons (Fsp3) is 1.00. The molecule has 2 saturated heterocycles. The number of fused-ring (bicyclic) bond motifs is 2. The molecule has 10 heavy (non-hydrogen) atoms. The van der Waals surface area contributed by atoms with E-state index in [9.17, 15) is 4.39 Å². The maximum absolute atomic E-state index is 13.3. The van der Waals surface area contributed by atoms with Crippen molar-refractivity contribution in [1.82, 2.24) is 0 Å². The van der Waals surface area contributed by atoms with Gasteiger partial charge in [0, 0.05) is 12.8 Å². The summed E-state index contributed by atoms with van der Waals surface area (Å²) < 4.78 is 23.7. The Balaban J connectivity index is 2.09. The normalized spacial score (nSPS) is 53.4. The Morgan fingerprint density at radius 2 is 2.30 bits per heavy atom. The third-order valence-corrected chi connectivity index (χ3v) is 2.06. The zero-order valence-corrected chi connectivity index (χ0v) is 5.97. The SMILES string of the molecule is CC1(F)CC2COC(C1)O2. The van der Waals surface area contributed by atoms with Crippen molar-refractivity contribution in [2.24, 2.45) is 0 Å². The third kappa shape index (κ3) is 1.04. The second-order valence-electron chi connectivity index (χ2n) is 3.34. The molecule has 0 aromatic heterocycles. The van der Waals surface area contributed by atoms with Gasteiger partial charge in [0.05, 0.1) is 12.7 Å². The van der Waals surface area contributed by atoms with Crippen molar-refractivity contribution in [1.29, 1.82) is 0 Å². The van der Waals surface area contributed by atoms with Crippen LogP contribution in [0.4, 0.5) is 4.39 Å². The van der Waals surface area contributed by atoms with Gasteiger partial charge in [0.15, 0.2) is 6.29 Å². The number of ether oxygens (including phenoxy) is 2. The van der Waals surface area contributed by atoms with E-state index in [1.54, 1.807) is 6.92 Å². The van der Waals surface area contributed by atoms with Gasteiger partial charge in [-0.05, 0) is 6.92 Å². The number of hydrogen-bond donors (Lipinski definition) is 0. The lowest BCUT2D eigenvalue weighted by Crippen LogP contribution is -2.35. The van der Waals surface area contributed by atoms with E-state index in [1.165, 1.54) is 0 Å². The molecule has 0 N–H and O–H groups in total. The lowest BCUT2D eigenvalue weighted by Gasteiger charge is -2.28. The van der Waals surface area contributed by atoms with Crippen LogP contribution in [0.2, 0.25) is 0 Å². The molecule has 58 valence electrons. The van der Waals surface area contributed by atoms with E-state index >= 15 is 0 Å². The predicted octanol–water partition coefficient (Wildman–Crippen LogP) is 1.25. The summed E-state index contributed by atoms with van der Waals surface area (Å²) in [5.74, 6) is 0. The molecule has 2 nitrogen and oxygen atoms in total. The smallest absolute Gasteiger partial charge is 0.161 e. The minimum Gasteiger partial charge on any atom is -0.350 e. The van der Waals surface area contributed by atoms with Crippen LogP contribution < -0.4 is 0 Å². The molecule has 2 aliphatic rings. The van der Waals surface area contributed by atoms with Crippen LogP contribution in [0.25, 0.3) is 0 Å². The van der Waals surface area contributed by atoms with Crippen molar-refractivity contribution >= 4 is 0 Å². The topological polar surface area (TPSA) is 18.5 Å². The molecule has 0 aromatic carbocycles. The van der Waals surface area contributed by atoms with Crippen molar-refractivity contribution in [2.75, 3.05) is 6.61 Å². The van der Waals surface area contributed by atoms with Gasteiger partial charge >= 0.3 is 0 Å². The first-order valence-corrected chi connectivity index (χ1v) is 3.62. The highest BCUT2D eigenvalue weighted by Gasteiger charge is 2.42. The molecule has 0 aromatic rings. The third-order valence-electron chi connectivity index (χ3n) is 2.06. The molecule has 2 bridgehead atoms. The van der Waals surface area contributed by atoms with Gasteiger partial charge in [-0.15, -0.1) is 0 Å². The standard InChI is InChI=1S/C7H11FO2/c1-7(8)2-5-4-9-6(3-7)10-5/h5-6H,2-4H2,1H3. The molecule has 3 atom stereocenters. The Kier molecular flexibility index (Phi) is 1.26. The molecule has 0 radical (unpaired) electrons. The van der Waals surface area contributed by atoms with E-state index in [2.05, 4.69) is 0 Å². The van der Waals surface area contributed by atoms with Gasteiger partial charge in [-0.25, -0.2) is 4.39 Å². The monoisotopic (exact) mass is 146 g/mol. The molecule has 2 heterocycles. The summed E-state index contributed by atoms with van der Waals surface area (Å²) in [6, 6.07) is 0. The van der Waals surface area contributed by atoms with E-state index < -0.39 is 5.67 Å². The summed E-state index contributed by atoms with van der Waals surface area (Å²) in [6.07, 6.45) is 0.620. The van der Waals surface area contributed by atoms with Crippen molar-refractivity contribution < 1.29 is 13.9 Å². The quantitative estimate of drug-likeness (QED) is 0.512. The van der Waals surface area contributed by atoms with Crippen molar-refractivity contribution in [3.05, 3.63) is 0 Å². The van der Waals surface area contributed by atoms with E-state index in [0.717, 1.165) is 0 Å². The van der Waals surface area contributed by atoms with Crippen LogP contribution in [0.15, 0.2) is 0 Å². The van der Waals surface area contributed by atoms with Gasteiger partial charge in [-0.2, -0.15) is 0 Å². The maximum Gasteiger partial charge on any atom is 0.161 e. The van der Waals surface area contributed by atoms with E-state index in [4.69, 9.17) is 9.47 Å². The average Bonchev–Trinajstić information content (AvgIpc) is 2.08. The Bertz CT molecular complexity index is 133. The minimum absolute atomic E-state index is 0.00810. The van der Waals surface area contributed by atoms with Crippen LogP contribution in [-0.4, -0.2) is 24.7 Å². The van der Waals surface area contributed by atoms with Gasteiger partial charge < -0.3 is 9.47 Å². The molecule has 2 fully saturated rings. The van der Waals surface area contributed by atoms with Gasteiger partial charge in [0.25, 0.3) is 0 Å². The van der Waals surface area contributed by atoms with Crippen molar-refractivity contribution in [2.45, 2.75) is 37.8 Å². The highest BCUT2D eigenvalue weighted by atomic mass is 19.1. The highest BCUT2D eigenvalue weighted by Crippen LogP contribution is 2.36. The summed E-state index contributed by atoms with van der Waals surface area (Å²) in [6.45, 7) is 2.19. The van der Waals surface area contributed by atoms with E-state index in [0.29, 0.717) is 19.4 Å². The Hall–Kier alpha value is -0.150. The summed E-state index contributed by atoms with van der Waals surface area (Å²) >= 11 is 0. The van der Waals surface area contributed by atoms with Crippen molar-refractivity contribution in [3.63, 3.8) is 0 Å². The summed E-state index contributed by atoms with van der Waals surface area (Å²) in [4.78, 5) is 0. The fourth-order valence-corrected chi connectivity index (χ4v) is 1.63. The lowest BCUT2D eigenvalue weighted by molar-refractivity contribution is -0.126. The summed E-state index contributed by atoms with van der Waals surface area (Å²) in [5, 5.41) is 0. The first-order valence-electron chi connectivity index (χ1n) is 3.62. The second kappa shape index (κ2) is 1.92. The minimum atomic E-state index is -1.07. The largest absolute Gasteiger partial charge is 0.350 e. The summed E-state index contributed by atoms with van der Waals surface area (Å²) in [7, 11) is 0. The average molecular weight is 146 g/mol. The highest BCUT2D eigenvalue weighted by molar-refractivity contribution is 4.87. The number of alkyl halides is 1. The Morgan fingerprint density at radius 1 is 1.50 bits per heavy atom. The van der Waals surface area contributed by atoms with Gasteiger partial charge in [-0.3, -0.25) is 0 Å². The van der Waals surface area contributed by atoms with Crippen LogP contribution >= 0.6 is 0 Å². The Morgan fingerprint density at radius 3 is 3.00 bits per heavy atom. The van der Waals surface area contributed by atoms with Crippen LogP contribution in [0.1, 0.15) is 19.8 Å². The summed E-state index contributed by atoms with van der Waals surface area (Å²) in [5.41, 5.74) is -1.07. The second-order valence-corrected chi connectivity index (χ2v) is 3.34. The molecule has 0 spiro atoms. The molecule has 0 amide bonds. The number of halogens is 1. The van der Waals surface area contributed by atoms with Crippen LogP contribution in [-0.2, 0) is 9.47 Å². The molecule has 3 heteroatoms. The maximum atomic E-state index is 13.3. The van der Waals surface area contributed by atoms with Gasteiger partial charge in [0.1, 0.15) is 5.67 Å². The van der Waals surface area contributed by atoms with Crippen LogP contribution in [0.3, 0.4) is 0 Å². The van der Waals surface area contributed by atoms with E-state index in [-0.39, 0.29) is 12.4 Å². The first-order chi connectivity index (χ1) is 4.66. The fourth-order valence-electron chi connectivity index (χ4n) is 1.63. The Labute approximate surface area is 59.3 Å². The molecule has 0 saturated carbocycles. The molecule has 0 aliphatic carbocycles. The molecular weight excluding hydrogens is 135 g/mol.